The molecule has 0 N–H and O–H groups in total. The lowest BCUT2D eigenvalue weighted by molar-refractivity contribution is 0.249. The highest BCUT2D eigenvalue weighted by Crippen LogP contribution is 2.25. The van der Waals surface area contributed by atoms with Gasteiger partial charge in [0.25, 0.3) is 0 Å². The number of likely N-dealkylation sites (tertiary alicyclic amines) is 1. The Kier molecular flexibility index (Phi) is 4.57. The molecule has 1 unspecified atom stereocenters. The van der Waals surface area contributed by atoms with Crippen molar-refractivity contribution in [2.24, 2.45) is 0 Å². The van der Waals surface area contributed by atoms with E-state index >= 15 is 0 Å². The van der Waals surface area contributed by atoms with Gasteiger partial charge >= 0.3 is 0 Å². The molecule has 0 amide bonds. The Bertz CT molecular complexity index is 634. The van der Waals surface area contributed by atoms with Gasteiger partial charge in [-0.3, -0.25) is 0 Å². The van der Waals surface area contributed by atoms with Gasteiger partial charge in [-0.25, -0.2) is 0 Å². The molecule has 2 heterocycles. The molecule has 1 aromatic carbocycles. The Morgan fingerprint density at radius 2 is 1.82 bits per heavy atom. The minimum atomic E-state index is 0.648. The van der Waals surface area contributed by atoms with Crippen LogP contribution in [0.2, 0.25) is 0 Å². The summed E-state index contributed by atoms with van der Waals surface area (Å²) in [6, 6.07) is 9.06. The van der Waals surface area contributed by atoms with Crippen molar-refractivity contribution in [2.75, 3.05) is 31.6 Å². The van der Waals surface area contributed by atoms with Gasteiger partial charge in [-0.2, -0.15) is 5.10 Å². The molecule has 0 saturated carbocycles. The van der Waals surface area contributed by atoms with Crippen LogP contribution in [0.1, 0.15) is 31.9 Å². The average molecular weight is 298 g/mol. The SMILES string of the molecule is Cc1nnc(N(C)CCC(C)N2CCCC2)c2ccccc12. The second-order valence-corrected chi connectivity index (χ2v) is 6.46. The maximum atomic E-state index is 4.44. The van der Waals surface area contributed by atoms with Crippen molar-refractivity contribution in [3.63, 3.8) is 0 Å². The Labute approximate surface area is 133 Å². The summed E-state index contributed by atoms with van der Waals surface area (Å²) in [7, 11) is 2.13. The lowest BCUT2D eigenvalue weighted by Crippen LogP contribution is -2.33. The van der Waals surface area contributed by atoms with Gasteiger partial charge in [-0.05, 0) is 46.2 Å². The summed E-state index contributed by atoms with van der Waals surface area (Å²) in [4.78, 5) is 4.86. The van der Waals surface area contributed by atoms with E-state index in [1.54, 1.807) is 0 Å². The fourth-order valence-corrected chi connectivity index (χ4v) is 3.36. The van der Waals surface area contributed by atoms with E-state index in [-0.39, 0.29) is 0 Å². The van der Waals surface area contributed by atoms with Crippen LogP contribution in [-0.2, 0) is 0 Å². The number of fused-ring (bicyclic) bond motifs is 1. The number of aromatic nitrogens is 2. The number of hydrogen-bond donors (Lipinski definition) is 0. The molecule has 1 aromatic heterocycles. The molecule has 0 aliphatic carbocycles. The van der Waals surface area contributed by atoms with Crippen molar-refractivity contribution in [1.29, 1.82) is 0 Å². The van der Waals surface area contributed by atoms with Crippen LogP contribution in [0, 0.1) is 6.92 Å². The van der Waals surface area contributed by atoms with Gasteiger partial charge in [-0.1, -0.05) is 24.3 Å². The van der Waals surface area contributed by atoms with E-state index in [2.05, 4.69) is 58.2 Å². The van der Waals surface area contributed by atoms with E-state index in [0.717, 1.165) is 18.1 Å². The van der Waals surface area contributed by atoms with Crippen molar-refractivity contribution in [3.05, 3.63) is 30.0 Å². The van der Waals surface area contributed by atoms with Gasteiger partial charge in [-0.15, -0.1) is 5.10 Å². The fourth-order valence-electron chi connectivity index (χ4n) is 3.36. The molecular formula is C18H26N4. The van der Waals surface area contributed by atoms with Crippen LogP contribution in [0.15, 0.2) is 24.3 Å². The number of nitrogens with zero attached hydrogens (tertiary/aromatic N) is 4. The van der Waals surface area contributed by atoms with Crippen LogP contribution in [0.25, 0.3) is 10.8 Å². The summed E-state index contributed by atoms with van der Waals surface area (Å²) in [5, 5.41) is 11.2. The quantitative estimate of drug-likeness (QED) is 0.848. The molecule has 1 fully saturated rings. The first-order chi connectivity index (χ1) is 10.7. The molecule has 0 spiro atoms. The van der Waals surface area contributed by atoms with Crippen LogP contribution >= 0.6 is 0 Å². The number of benzene rings is 1. The van der Waals surface area contributed by atoms with Crippen LogP contribution in [-0.4, -0.2) is 47.8 Å². The van der Waals surface area contributed by atoms with Crippen molar-refractivity contribution >= 4 is 16.6 Å². The highest BCUT2D eigenvalue weighted by Gasteiger charge is 2.19. The minimum absolute atomic E-state index is 0.648. The first kappa shape index (κ1) is 15.2. The Hall–Kier alpha value is -1.68. The minimum Gasteiger partial charge on any atom is -0.358 e. The number of aryl methyl sites for hydroxylation is 1. The number of anilines is 1. The molecule has 0 bridgehead atoms. The summed E-state index contributed by atoms with van der Waals surface area (Å²) >= 11 is 0. The van der Waals surface area contributed by atoms with Gasteiger partial charge in [0.2, 0.25) is 0 Å². The number of hydrogen-bond acceptors (Lipinski definition) is 4. The van der Waals surface area contributed by atoms with Crippen LogP contribution < -0.4 is 4.90 Å². The Balaban J connectivity index is 1.72. The van der Waals surface area contributed by atoms with Gasteiger partial charge in [0, 0.05) is 30.4 Å². The second-order valence-electron chi connectivity index (χ2n) is 6.46. The van der Waals surface area contributed by atoms with Gasteiger partial charge in [0.05, 0.1) is 5.69 Å². The third kappa shape index (κ3) is 3.07. The molecule has 22 heavy (non-hydrogen) atoms. The summed E-state index contributed by atoms with van der Waals surface area (Å²) < 4.78 is 0. The average Bonchev–Trinajstić information content (AvgIpc) is 3.07. The molecule has 0 radical (unpaired) electrons. The molecule has 2 aromatic rings. The van der Waals surface area contributed by atoms with Gasteiger partial charge in [0.15, 0.2) is 5.82 Å². The van der Waals surface area contributed by atoms with Gasteiger partial charge < -0.3 is 9.80 Å². The molecule has 1 aliphatic heterocycles. The second kappa shape index (κ2) is 6.61. The molecule has 1 saturated heterocycles. The monoisotopic (exact) mass is 298 g/mol. The largest absolute Gasteiger partial charge is 0.358 e. The summed E-state index contributed by atoms with van der Waals surface area (Å²) in [6.07, 6.45) is 3.88. The van der Waals surface area contributed by atoms with E-state index in [9.17, 15) is 0 Å². The standard InChI is InChI=1S/C18H26N4/c1-14(22-11-6-7-12-22)10-13-21(3)18-17-9-5-4-8-16(17)15(2)19-20-18/h4-5,8-9,14H,6-7,10-13H2,1-3H3. The predicted molar refractivity (Wildman–Crippen MR) is 92.4 cm³/mol. The van der Waals surface area contributed by atoms with Crippen molar-refractivity contribution in [1.82, 2.24) is 15.1 Å². The highest BCUT2D eigenvalue weighted by molar-refractivity contribution is 5.93. The third-order valence-corrected chi connectivity index (χ3v) is 4.86. The molecule has 1 atom stereocenters. The summed E-state index contributed by atoms with van der Waals surface area (Å²) in [5.41, 5.74) is 0.998. The van der Waals surface area contributed by atoms with Crippen LogP contribution in [0.5, 0.6) is 0 Å². The normalized spacial score (nSPS) is 17.0. The van der Waals surface area contributed by atoms with E-state index in [1.165, 1.54) is 43.1 Å². The van der Waals surface area contributed by atoms with Crippen molar-refractivity contribution in [3.8, 4) is 0 Å². The van der Waals surface area contributed by atoms with E-state index < -0.39 is 0 Å². The molecule has 1 aliphatic rings. The van der Waals surface area contributed by atoms with Crippen molar-refractivity contribution in [2.45, 2.75) is 39.2 Å². The smallest absolute Gasteiger partial charge is 0.158 e. The first-order valence-corrected chi connectivity index (χ1v) is 8.34. The third-order valence-electron chi connectivity index (χ3n) is 4.86. The summed E-state index contributed by atoms with van der Waals surface area (Å²) in [6.45, 7) is 7.91. The zero-order valence-corrected chi connectivity index (χ0v) is 13.9. The summed E-state index contributed by atoms with van der Waals surface area (Å²) in [5.74, 6) is 0.995. The molecule has 118 valence electrons. The zero-order chi connectivity index (χ0) is 15.5. The highest BCUT2D eigenvalue weighted by atomic mass is 15.3. The number of rotatable bonds is 5. The lowest BCUT2D eigenvalue weighted by atomic mass is 10.1. The zero-order valence-electron chi connectivity index (χ0n) is 13.9. The Morgan fingerprint density at radius 3 is 2.55 bits per heavy atom. The molecule has 3 rings (SSSR count). The van der Waals surface area contributed by atoms with Crippen LogP contribution in [0.4, 0.5) is 5.82 Å². The maximum Gasteiger partial charge on any atom is 0.158 e. The van der Waals surface area contributed by atoms with Gasteiger partial charge in [0.1, 0.15) is 0 Å². The van der Waals surface area contributed by atoms with Crippen LogP contribution in [0.3, 0.4) is 0 Å². The maximum absolute atomic E-state index is 4.44. The molecule has 4 heteroatoms. The molecule has 4 nitrogen and oxygen atoms in total. The predicted octanol–water partition coefficient (Wildman–Crippen LogP) is 3.25. The van der Waals surface area contributed by atoms with Crippen molar-refractivity contribution < 1.29 is 0 Å². The Morgan fingerprint density at radius 1 is 1.14 bits per heavy atom. The molecular weight excluding hydrogens is 272 g/mol. The lowest BCUT2D eigenvalue weighted by Gasteiger charge is -2.27. The van der Waals surface area contributed by atoms with E-state index in [4.69, 9.17) is 0 Å². The van der Waals surface area contributed by atoms with E-state index in [1.807, 2.05) is 6.92 Å². The first-order valence-electron chi connectivity index (χ1n) is 8.34. The topological polar surface area (TPSA) is 32.3 Å². The van der Waals surface area contributed by atoms with E-state index in [0.29, 0.717) is 6.04 Å². The fraction of sp³-hybridized carbons (Fsp3) is 0.556.